The number of carbonyl (C=O) groups excluding carboxylic acids is 1. The minimum atomic E-state index is 0.108. The van der Waals surface area contributed by atoms with Crippen LogP contribution in [0.25, 0.3) is 10.6 Å². The average molecular weight is 409 g/mol. The molecule has 2 aliphatic rings. The van der Waals surface area contributed by atoms with E-state index < -0.39 is 0 Å². The van der Waals surface area contributed by atoms with Gasteiger partial charge in [0.2, 0.25) is 0 Å². The van der Waals surface area contributed by atoms with Crippen LogP contribution in [-0.2, 0) is 0 Å². The van der Waals surface area contributed by atoms with E-state index in [9.17, 15) is 4.79 Å². The molecule has 2 fully saturated rings. The zero-order valence-electron chi connectivity index (χ0n) is 17.1. The molecule has 2 saturated heterocycles. The molecule has 0 atom stereocenters. The molecule has 3 heterocycles. The third-order valence-corrected chi connectivity index (χ3v) is 7.33. The van der Waals surface area contributed by atoms with E-state index in [4.69, 9.17) is 5.26 Å². The van der Waals surface area contributed by atoms with Crippen molar-refractivity contribution in [1.29, 1.82) is 5.26 Å². The molecule has 0 unspecified atom stereocenters. The number of piperidine rings is 1. The lowest BCUT2D eigenvalue weighted by atomic mass is 10.0. The topological polar surface area (TPSA) is 60.2 Å². The second-order valence-corrected chi connectivity index (χ2v) is 9.10. The smallest absolute Gasteiger partial charge is 0.265 e. The Labute approximate surface area is 177 Å². The van der Waals surface area contributed by atoms with Crippen LogP contribution in [0.1, 0.15) is 59.5 Å². The van der Waals surface area contributed by atoms with E-state index in [1.807, 2.05) is 30.0 Å². The number of hydrogen-bond acceptors (Lipinski definition) is 5. The normalized spacial score (nSPS) is 19.0. The molecule has 1 amide bonds. The summed E-state index contributed by atoms with van der Waals surface area (Å²) in [4.78, 5) is 23.2. The maximum atomic E-state index is 13.2. The van der Waals surface area contributed by atoms with E-state index in [1.165, 1.54) is 50.1 Å². The molecular formula is C23H28N4OS. The van der Waals surface area contributed by atoms with Gasteiger partial charge >= 0.3 is 0 Å². The predicted molar refractivity (Wildman–Crippen MR) is 116 cm³/mol. The van der Waals surface area contributed by atoms with Crippen molar-refractivity contribution in [1.82, 2.24) is 14.8 Å². The van der Waals surface area contributed by atoms with Gasteiger partial charge in [0.1, 0.15) is 9.88 Å². The Morgan fingerprint density at radius 1 is 1.14 bits per heavy atom. The van der Waals surface area contributed by atoms with Crippen molar-refractivity contribution in [3.05, 3.63) is 40.4 Å². The average Bonchev–Trinajstić information content (AvgIpc) is 2.97. The van der Waals surface area contributed by atoms with Crippen molar-refractivity contribution in [2.45, 2.75) is 51.5 Å². The molecule has 6 heteroatoms. The highest BCUT2D eigenvalue weighted by Crippen LogP contribution is 2.30. The highest BCUT2D eigenvalue weighted by molar-refractivity contribution is 7.17. The van der Waals surface area contributed by atoms with Crippen LogP contribution in [0.4, 0.5) is 0 Å². The summed E-state index contributed by atoms with van der Waals surface area (Å²) >= 11 is 1.44. The number of nitrogens with zero attached hydrogens (tertiary/aromatic N) is 4. The third-order valence-electron chi connectivity index (χ3n) is 6.14. The van der Waals surface area contributed by atoms with Gasteiger partial charge in [-0.3, -0.25) is 4.79 Å². The minimum Gasteiger partial charge on any atom is -0.338 e. The molecule has 0 radical (unpaired) electrons. The molecule has 0 N–H and O–H groups in total. The quantitative estimate of drug-likeness (QED) is 0.752. The number of amides is 1. The predicted octanol–water partition coefficient (Wildman–Crippen LogP) is 4.47. The first-order valence-electron chi connectivity index (χ1n) is 10.7. The maximum absolute atomic E-state index is 13.2. The summed E-state index contributed by atoms with van der Waals surface area (Å²) < 4.78 is 0. The third kappa shape index (κ3) is 4.52. The summed E-state index contributed by atoms with van der Waals surface area (Å²) in [6.45, 7) is 6.01. The van der Waals surface area contributed by atoms with Gasteiger partial charge in [-0.2, -0.15) is 5.26 Å². The largest absolute Gasteiger partial charge is 0.338 e. The Hall–Kier alpha value is -2.23. The molecule has 152 valence electrons. The minimum absolute atomic E-state index is 0.108. The number of rotatable bonds is 3. The molecule has 5 nitrogen and oxygen atoms in total. The summed E-state index contributed by atoms with van der Waals surface area (Å²) in [6.07, 6.45) is 7.49. The van der Waals surface area contributed by atoms with Crippen LogP contribution in [0.3, 0.4) is 0 Å². The molecule has 0 bridgehead atoms. The van der Waals surface area contributed by atoms with Crippen molar-refractivity contribution in [3.8, 4) is 16.6 Å². The summed E-state index contributed by atoms with van der Waals surface area (Å²) in [7, 11) is 0. The molecule has 1 aromatic heterocycles. The van der Waals surface area contributed by atoms with Crippen LogP contribution in [0.15, 0.2) is 24.3 Å². The van der Waals surface area contributed by atoms with Gasteiger partial charge in [0.05, 0.1) is 17.3 Å². The summed E-state index contributed by atoms with van der Waals surface area (Å²) in [5, 5.41) is 9.93. The Morgan fingerprint density at radius 3 is 2.55 bits per heavy atom. The molecule has 0 spiro atoms. The highest BCUT2D eigenvalue weighted by atomic mass is 32.1. The molecule has 2 aromatic rings. The molecule has 4 rings (SSSR count). The van der Waals surface area contributed by atoms with Gasteiger partial charge in [-0.1, -0.05) is 25.0 Å². The lowest BCUT2D eigenvalue weighted by molar-refractivity contribution is 0.0626. The Kier molecular flexibility index (Phi) is 6.27. The van der Waals surface area contributed by atoms with E-state index in [-0.39, 0.29) is 5.91 Å². The van der Waals surface area contributed by atoms with Gasteiger partial charge in [0, 0.05) is 24.7 Å². The first kappa shape index (κ1) is 20.1. The second kappa shape index (κ2) is 9.06. The molecule has 2 aliphatic heterocycles. The molecule has 29 heavy (non-hydrogen) atoms. The summed E-state index contributed by atoms with van der Waals surface area (Å²) in [6, 6.07) is 10.2. The molecule has 1 aromatic carbocycles. The second-order valence-electron chi connectivity index (χ2n) is 8.10. The van der Waals surface area contributed by atoms with Crippen molar-refractivity contribution in [3.63, 3.8) is 0 Å². The van der Waals surface area contributed by atoms with E-state index in [2.05, 4.69) is 16.0 Å². The van der Waals surface area contributed by atoms with E-state index in [1.54, 1.807) is 6.07 Å². The zero-order valence-corrected chi connectivity index (χ0v) is 17.9. The van der Waals surface area contributed by atoms with Gasteiger partial charge in [0.25, 0.3) is 5.91 Å². The number of aromatic nitrogens is 1. The van der Waals surface area contributed by atoms with Crippen LogP contribution in [-0.4, -0.2) is 52.9 Å². The Balaban J connectivity index is 1.42. The number of carbonyl (C=O) groups is 1. The monoisotopic (exact) mass is 408 g/mol. The first-order chi connectivity index (χ1) is 14.2. The number of nitriles is 1. The highest BCUT2D eigenvalue weighted by Gasteiger charge is 2.29. The lowest BCUT2D eigenvalue weighted by Crippen LogP contribution is -2.47. The number of benzene rings is 1. The Bertz CT molecular complexity index is 900. The number of hydrogen-bond donors (Lipinski definition) is 0. The van der Waals surface area contributed by atoms with Crippen molar-refractivity contribution < 1.29 is 4.79 Å². The van der Waals surface area contributed by atoms with Gasteiger partial charge in [-0.05, 0) is 57.8 Å². The molecular weight excluding hydrogens is 380 g/mol. The first-order valence-corrected chi connectivity index (χ1v) is 11.5. The fourth-order valence-electron chi connectivity index (χ4n) is 4.48. The van der Waals surface area contributed by atoms with Gasteiger partial charge in [-0.15, -0.1) is 11.3 Å². The lowest BCUT2D eigenvalue weighted by Gasteiger charge is -2.38. The zero-order chi connectivity index (χ0) is 20.2. The van der Waals surface area contributed by atoms with Crippen LogP contribution >= 0.6 is 11.3 Å². The van der Waals surface area contributed by atoms with Crippen molar-refractivity contribution in [2.24, 2.45) is 0 Å². The van der Waals surface area contributed by atoms with E-state index in [0.29, 0.717) is 11.6 Å². The standard InChI is InChI=1S/C23H28N4OS/c1-17-21(29-22(25-17)19-8-6-7-18(15-19)16-24)23(28)27-13-9-20(10-14-27)26-11-4-2-3-5-12-26/h6-8,15,20H,2-5,9-14H2,1H3. The van der Waals surface area contributed by atoms with Crippen molar-refractivity contribution in [2.75, 3.05) is 26.2 Å². The van der Waals surface area contributed by atoms with Gasteiger partial charge in [-0.25, -0.2) is 4.98 Å². The summed E-state index contributed by atoms with van der Waals surface area (Å²) in [5.74, 6) is 0.108. The number of likely N-dealkylation sites (tertiary alicyclic amines) is 2. The van der Waals surface area contributed by atoms with Crippen molar-refractivity contribution >= 4 is 17.2 Å². The fourth-order valence-corrected chi connectivity index (χ4v) is 5.51. The Morgan fingerprint density at radius 2 is 1.86 bits per heavy atom. The SMILES string of the molecule is Cc1nc(-c2cccc(C#N)c2)sc1C(=O)N1CCC(N2CCCCCC2)CC1. The van der Waals surface area contributed by atoms with Gasteiger partial charge < -0.3 is 9.80 Å². The van der Waals surface area contributed by atoms with Crippen LogP contribution < -0.4 is 0 Å². The number of aryl methyl sites for hydroxylation is 1. The van der Waals surface area contributed by atoms with Crippen LogP contribution in [0, 0.1) is 18.3 Å². The van der Waals surface area contributed by atoms with Gasteiger partial charge in [0.15, 0.2) is 0 Å². The fraction of sp³-hybridized carbons (Fsp3) is 0.522. The molecule has 0 aliphatic carbocycles. The van der Waals surface area contributed by atoms with E-state index >= 15 is 0 Å². The van der Waals surface area contributed by atoms with E-state index in [0.717, 1.165) is 47.1 Å². The summed E-state index contributed by atoms with van der Waals surface area (Å²) in [5.41, 5.74) is 2.29. The van der Waals surface area contributed by atoms with Crippen LogP contribution in [0.5, 0.6) is 0 Å². The molecule has 0 saturated carbocycles. The maximum Gasteiger partial charge on any atom is 0.265 e. The van der Waals surface area contributed by atoms with Crippen LogP contribution in [0.2, 0.25) is 0 Å². The number of thiazole rings is 1.